The first-order valence-corrected chi connectivity index (χ1v) is 9.97. The van der Waals surface area contributed by atoms with Gasteiger partial charge in [0.05, 0.1) is 24.3 Å². The van der Waals surface area contributed by atoms with Gasteiger partial charge in [0, 0.05) is 0 Å². The molecule has 0 unspecified atom stereocenters. The maximum atomic E-state index is 12.1. The van der Waals surface area contributed by atoms with Crippen molar-refractivity contribution in [2.24, 2.45) is 5.92 Å². The lowest BCUT2D eigenvalue weighted by atomic mass is 9.97. The Labute approximate surface area is 167 Å². The molecule has 28 heavy (non-hydrogen) atoms. The van der Waals surface area contributed by atoms with Gasteiger partial charge in [-0.2, -0.15) is 0 Å². The third-order valence-electron chi connectivity index (χ3n) is 4.79. The molecule has 4 nitrogen and oxygen atoms in total. The van der Waals surface area contributed by atoms with Gasteiger partial charge in [-0.3, -0.25) is 0 Å². The van der Waals surface area contributed by atoms with Crippen LogP contribution in [0.1, 0.15) is 64.4 Å². The summed E-state index contributed by atoms with van der Waals surface area (Å²) in [6.45, 7) is 6.85. The molecule has 0 bridgehead atoms. The molecule has 4 heteroatoms. The van der Waals surface area contributed by atoms with Crippen LogP contribution >= 0.6 is 0 Å². The van der Waals surface area contributed by atoms with Crippen LogP contribution < -0.4 is 0 Å². The lowest BCUT2D eigenvalue weighted by molar-refractivity contribution is 0.0439. The number of carbonyl (C=O) groups excluding carboxylic acids is 2. The van der Waals surface area contributed by atoms with Crippen LogP contribution in [-0.2, 0) is 9.47 Å². The molecule has 0 amide bonds. The summed E-state index contributed by atoms with van der Waals surface area (Å²) in [5, 5.41) is 0. The van der Waals surface area contributed by atoms with Crippen molar-refractivity contribution in [1.82, 2.24) is 0 Å². The third kappa shape index (κ3) is 7.18. The number of esters is 2. The largest absolute Gasteiger partial charge is 0.462 e. The summed E-state index contributed by atoms with van der Waals surface area (Å²) in [6, 6.07) is 14.7. The van der Waals surface area contributed by atoms with E-state index in [1.807, 2.05) is 38.1 Å². The van der Waals surface area contributed by atoms with Crippen molar-refractivity contribution in [3.05, 3.63) is 70.8 Å². The van der Waals surface area contributed by atoms with Crippen LogP contribution in [0.4, 0.5) is 0 Å². The third-order valence-corrected chi connectivity index (χ3v) is 4.79. The highest BCUT2D eigenvalue weighted by atomic mass is 16.5. The van der Waals surface area contributed by atoms with Crippen LogP contribution in [0.3, 0.4) is 0 Å². The van der Waals surface area contributed by atoms with Gasteiger partial charge in [-0.15, -0.1) is 0 Å². The number of aryl methyl sites for hydroxylation is 2. The lowest BCUT2D eigenvalue weighted by Crippen LogP contribution is -2.14. The van der Waals surface area contributed by atoms with Crippen molar-refractivity contribution in [3.63, 3.8) is 0 Å². The van der Waals surface area contributed by atoms with Gasteiger partial charge in [-0.25, -0.2) is 9.59 Å². The van der Waals surface area contributed by atoms with Crippen molar-refractivity contribution < 1.29 is 19.1 Å². The van der Waals surface area contributed by atoms with Crippen LogP contribution in [0, 0.1) is 19.8 Å². The van der Waals surface area contributed by atoms with Gasteiger partial charge in [-0.1, -0.05) is 55.2 Å². The zero-order valence-electron chi connectivity index (χ0n) is 17.1. The molecule has 0 heterocycles. The van der Waals surface area contributed by atoms with Gasteiger partial charge in [0.25, 0.3) is 0 Å². The van der Waals surface area contributed by atoms with E-state index >= 15 is 0 Å². The predicted molar refractivity (Wildman–Crippen MR) is 111 cm³/mol. The highest BCUT2D eigenvalue weighted by Crippen LogP contribution is 2.17. The molecule has 150 valence electrons. The molecule has 0 aliphatic heterocycles. The maximum absolute atomic E-state index is 12.1. The van der Waals surface area contributed by atoms with Crippen molar-refractivity contribution in [1.29, 1.82) is 0 Å². The molecule has 2 aromatic rings. The fraction of sp³-hybridized carbons (Fsp3) is 0.417. The van der Waals surface area contributed by atoms with E-state index in [1.54, 1.807) is 24.3 Å². The molecule has 0 saturated heterocycles. The molecular formula is C24H30O4. The van der Waals surface area contributed by atoms with Crippen LogP contribution in [-0.4, -0.2) is 25.2 Å². The quantitative estimate of drug-likeness (QED) is 0.508. The summed E-state index contributed by atoms with van der Waals surface area (Å²) in [5.41, 5.74) is 3.37. The van der Waals surface area contributed by atoms with Gasteiger partial charge in [0.1, 0.15) is 0 Å². The average Bonchev–Trinajstić information content (AvgIpc) is 2.68. The second kappa shape index (κ2) is 11.3. The molecule has 0 fully saturated rings. The van der Waals surface area contributed by atoms with Crippen molar-refractivity contribution in [3.8, 4) is 0 Å². The first kappa shape index (κ1) is 21.7. The summed E-state index contributed by atoms with van der Waals surface area (Å²) in [6.07, 6.45) is 3.60. The summed E-state index contributed by atoms with van der Waals surface area (Å²) < 4.78 is 10.8. The lowest BCUT2D eigenvalue weighted by Gasteiger charge is -2.16. The topological polar surface area (TPSA) is 52.6 Å². The summed E-state index contributed by atoms with van der Waals surface area (Å²) in [7, 11) is 0. The molecule has 0 spiro atoms. The molecule has 0 aromatic heterocycles. The van der Waals surface area contributed by atoms with Crippen LogP contribution in [0.5, 0.6) is 0 Å². The molecule has 0 N–H and O–H groups in total. The maximum Gasteiger partial charge on any atom is 0.338 e. The highest BCUT2D eigenvalue weighted by molar-refractivity contribution is 5.89. The standard InChI is InChI=1S/C24H30O4/c1-4-5-20(14-16-27-23(25)21-10-6-18(2)7-11-21)15-17-28-24(26)22-12-8-19(3)9-13-22/h6-13,20H,4-5,14-17H2,1-3H3. The number of rotatable bonds is 10. The van der Waals surface area contributed by atoms with E-state index in [0.29, 0.717) is 30.3 Å². The number of ether oxygens (including phenoxy) is 2. The Morgan fingerprint density at radius 1 is 0.714 bits per heavy atom. The second-order valence-electron chi connectivity index (χ2n) is 7.24. The highest BCUT2D eigenvalue weighted by Gasteiger charge is 2.13. The van der Waals surface area contributed by atoms with E-state index in [-0.39, 0.29) is 11.9 Å². The molecule has 0 aliphatic carbocycles. The second-order valence-corrected chi connectivity index (χ2v) is 7.24. The normalized spacial score (nSPS) is 10.7. The van der Waals surface area contributed by atoms with Crippen molar-refractivity contribution >= 4 is 11.9 Å². The zero-order valence-corrected chi connectivity index (χ0v) is 17.1. The zero-order chi connectivity index (χ0) is 20.4. The minimum absolute atomic E-state index is 0.291. The summed E-state index contributed by atoms with van der Waals surface area (Å²) in [4.78, 5) is 24.2. The molecule has 0 atom stereocenters. The fourth-order valence-electron chi connectivity index (χ4n) is 3.02. The molecule has 2 rings (SSSR count). The van der Waals surface area contributed by atoms with Gasteiger partial charge < -0.3 is 9.47 Å². The summed E-state index contributed by atoms with van der Waals surface area (Å²) in [5.74, 6) is -0.219. The van der Waals surface area contributed by atoms with Gasteiger partial charge in [-0.05, 0) is 56.9 Å². The minimum Gasteiger partial charge on any atom is -0.462 e. The van der Waals surface area contributed by atoms with E-state index in [4.69, 9.17) is 9.47 Å². The Hall–Kier alpha value is -2.62. The first-order valence-electron chi connectivity index (χ1n) is 9.97. The molecule has 0 aliphatic rings. The number of hydrogen-bond acceptors (Lipinski definition) is 4. The fourth-order valence-corrected chi connectivity index (χ4v) is 3.02. The van der Waals surface area contributed by atoms with E-state index in [9.17, 15) is 9.59 Å². The first-order chi connectivity index (χ1) is 13.5. The molecule has 0 saturated carbocycles. The molecule has 2 aromatic carbocycles. The Kier molecular flexibility index (Phi) is 8.73. The number of carbonyl (C=O) groups is 2. The smallest absolute Gasteiger partial charge is 0.338 e. The van der Waals surface area contributed by atoms with Gasteiger partial charge in [0.15, 0.2) is 0 Å². The molecular weight excluding hydrogens is 352 g/mol. The van der Waals surface area contributed by atoms with E-state index < -0.39 is 0 Å². The Morgan fingerprint density at radius 2 is 1.11 bits per heavy atom. The van der Waals surface area contributed by atoms with Gasteiger partial charge in [0.2, 0.25) is 0 Å². The van der Waals surface area contributed by atoms with E-state index in [1.165, 1.54) is 0 Å². The van der Waals surface area contributed by atoms with Crippen LogP contribution in [0.15, 0.2) is 48.5 Å². The minimum atomic E-state index is -0.291. The summed E-state index contributed by atoms with van der Waals surface area (Å²) >= 11 is 0. The molecule has 0 radical (unpaired) electrons. The average molecular weight is 383 g/mol. The Balaban J connectivity index is 1.73. The van der Waals surface area contributed by atoms with Crippen LogP contribution in [0.2, 0.25) is 0 Å². The van der Waals surface area contributed by atoms with E-state index in [0.717, 1.165) is 36.8 Å². The Morgan fingerprint density at radius 3 is 1.46 bits per heavy atom. The SMILES string of the molecule is CCCC(CCOC(=O)c1ccc(C)cc1)CCOC(=O)c1ccc(C)cc1. The van der Waals surface area contributed by atoms with Crippen molar-refractivity contribution in [2.75, 3.05) is 13.2 Å². The van der Waals surface area contributed by atoms with Crippen LogP contribution in [0.25, 0.3) is 0 Å². The number of benzene rings is 2. The predicted octanol–water partition coefficient (Wildman–Crippen LogP) is 5.51. The van der Waals surface area contributed by atoms with E-state index in [2.05, 4.69) is 6.92 Å². The van der Waals surface area contributed by atoms with Gasteiger partial charge >= 0.3 is 11.9 Å². The van der Waals surface area contributed by atoms with Crippen molar-refractivity contribution in [2.45, 2.75) is 46.5 Å². The monoisotopic (exact) mass is 382 g/mol. The Bertz CT molecular complexity index is 684. The number of hydrogen-bond donors (Lipinski definition) is 0.